The smallest absolute Gasteiger partial charge is 0.244 e. The summed E-state index contributed by atoms with van der Waals surface area (Å²) in [7, 11) is 0. The molecule has 0 aliphatic heterocycles. The first-order valence-corrected chi connectivity index (χ1v) is 8.56. The zero-order valence-electron chi connectivity index (χ0n) is 13.1. The summed E-state index contributed by atoms with van der Waals surface area (Å²) < 4.78 is 0. The molecule has 0 fully saturated rings. The van der Waals surface area contributed by atoms with Crippen molar-refractivity contribution in [2.24, 2.45) is 0 Å². The third-order valence-electron chi connectivity index (χ3n) is 3.34. The Hall–Kier alpha value is -1.59. The molecule has 23 heavy (non-hydrogen) atoms. The highest BCUT2D eigenvalue weighted by Crippen LogP contribution is 2.21. The van der Waals surface area contributed by atoms with E-state index >= 15 is 0 Å². The van der Waals surface area contributed by atoms with Gasteiger partial charge in [-0.2, -0.15) is 10.1 Å². The van der Waals surface area contributed by atoms with Crippen LogP contribution in [0.15, 0.2) is 24.4 Å². The summed E-state index contributed by atoms with van der Waals surface area (Å²) in [5, 5.41) is 15.7. The van der Waals surface area contributed by atoms with Gasteiger partial charge in [0.15, 0.2) is 5.82 Å². The number of hydrogen-bond acceptors (Lipinski definition) is 5. The average molecular weight is 354 g/mol. The van der Waals surface area contributed by atoms with Crippen molar-refractivity contribution in [3.63, 3.8) is 0 Å². The number of nitrogens with one attached hydrogen (secondary N) is 2. The molecule has 0 bridgehead atoms. The van der Waals surface area contributed by atoms with Crippen LogP contribution in [-0.4, -0.2) is 28.3 Å². The van der Waals surface area contributed by atoms with Crippen LogP contribution < -0.4 is 10.6 Å². The molecule has 7 heteroatoms. The molecule has 0 amide bonds. The lowest BCUT2D eigenvalue weighted by Crippen LogP contribution is -2.11. The highest BCUT2D eigenvalue weighted by molar-refractivity contribution is 6.35. The topological polar surface area (TPSA) is 62.7 Å². The molecule has 0 aliphatic carbocycles. The second-order valence-corrected chi connectivity index (χ2v) is 6.06. The van der Waals surface area contributed by atoms with Gasteiger partial charge in [-0.1, -0.05) is 49.0 Å². The predicted molar refractivity (Wildman–Crippen MR) is 96.5 cm³/mol. The van der Waals surface area contributed by atoms with Crippen molar-refractivity contribution in [2.75, 3.05) is 23.7 Å². The van der Waals surface area contributed by atoms with E-state index in [4.69, 9.17) is 23.2 Å². The first-order chi connectivity index (χ1) is 11.2. The number of nitrogens with zero attached hydrogens (tertiary/aromatic N) is 3. The Balaban J connectivity index is 1.81. The van der Waals surface area contributed by atoms with Crippen molar-refractivity contribution in [3.05, 3.63) is 40.0 Å². The molecule has 0 aliphatic rings. The van der Waals surface area contributed by atoms with Gasteiger partial charge in [-0.25, -0.2) is 0 Å². The summed E-state index contributed by atoms with van der Waals surface area (Å²) in [5.41, 5.74) is 1.04. The number of benzene rings is 1. The van der Waals surface area contributed by atoms with E-state index in [-0.39, 0.29) is 0 Å². The van der Waals surface area contributed by atoms with Crippen LogP contribution in [0.25, 0.3) is 0 Å². The van der Waals surface area contributed by atoms with Crippen LogP contribution in [0.2, 0.25) is 10.0 Å². The van der Waals surface area contributed by atoms with E-state index in [1.54, 1.807) is 12.3 Å². The summed E-state index contributed by atoms with van der Waals surface area (Å²) in [6.07, 6.45) is 5.88. The molecular weight excluding hydrogens is 333 g/mol. The van der Waals surface area contributed by atoms with Crippen molar-refractivity contribution < 1.29 is 0 Å². The summed E-state index contributed by atoms with van der Waals surface area (Å²) in [6.45, 7) is 3.74. The number of rotatable bonds is 9. The molecule has 0 spiro atoms. The number of halogens is 2. The third kappa shape index (κ3) is 6.20. The van der Waals surface area contributed by atoms with Crippen molar-refractivity contribution in [1.29, 1.82) is 0 Å². The monoisotopic (exact) mass is 353 g/mol. The van der Waals surface area contributed by atoms with E-state index in [0.717, 1.165) is 24.9 Å². The lowest BCUT2D eigenvalue weighted by atomic mass is 10.1. The molecule has 0 radical (unpaired) electrons. The minimum atomic E-state index is 0.552. The van der Waals surface area contributed by atoms with Gasteiger partial charge in [0.25, 0.3) is 0 Å². The van der Waals surface area contributed by atoms with Crippen molar-refractivity contribution >= 4 is 35.0 Å². The van der Waals surface area contributed by atoms with Gasteiger partial charge < -0.3 is 10.6 Å². The van der Waals surface area contributed by atoms with Crippen LogP contribution in [0.3, 0.4) is 0 Å². The molecule has 2 rings (SSSR count). The van der Waals surface area contributed by atoms with E-state index in [0.29, 0.717) is 28.4 Å². The lowest BCUT2D eigenvalue weighted by Gasteiger charge is -2.08. The maximum atomic E-state index is 6.16. The number of aromatic nitrogens is 3. The fourth-order valence-corrected chi connectivity index (χ4v) is 2.59. The molecule has 124 valence electrons. The van der Waals surface area contributed by atoms with E-state index in [9.17, 15) is 0 Å². The van der Waals surface area contributed by atoms with Crippen LogP contribution in [0.1, 0.15) is 31.7 Å². The van der Waals surface area contributed by atoms with Gasteiger partial charge in [0, 0.05) is 23.1 Å². The van der Waals surface area contributed by atoms with E-state index in [1.165, 1.54) is 12.8 Å². The number of unbranched alkanes of at least 4 members (excludes halogenated alkanes) is 2. The summed E-state index contributed by atoms with van der Waals surface area (Å²) in [4.78, 5) is 4.39. The van der Waals surface area contributed by atoms with Crippen LogP contribution in [-0.2, 0) is 6.42 Å². The maximum Gasteiger partial charge on any atom is 0.244 e. The molecule has 0 saturated carbocycles. The Labute approximate surface area is 146 Å². The summed E-state index contributed by atoms with van der Waals surface area (Å²) in [5.74, 6) is 1.25. The molecule has 5 nitrogen and oxygen atoms in total. The Morgan fingerprint density at radius 1 is 1.09 bits per heavy atom. The SMILES string of the molecule is CCCCCNc1nncc(NCCc2ccc(Cl)cc2Cl)n1. The Morgan fingerprint density at radius 3 is 2.74 bits per heavy atom. The molecule has 1 heterocycles. The summed E-state index contributed by atoms with van der Waals surface area (Å²) in [6, 6.07) is 5.53. The molecule has 2 N–H and O–H groups in total. The van der Waals surface area contributed by atoms with Crippen molar-refractivity contribution in [2.45, 2.75) is 32.6 Å². The molecule has 0 unspecified atom stereocenters. The number of hydrogen-bond donors (Lipinski definition) is 2. The Bertz CT molecular complexity index is 621. The maximum absolute atomic E-state index is 6.16. The fraction of sp³-hybridized carbons (Fsp3) is 0.438. The van der Waals surface area contributed by atoms with Gasteiger partial charge in [0.1, 0.15) is 0 Å². The fourth-order valence-electron chi connectivity index (χ4n) is 2.09. The standard InChI is InChI=1S/C16H21Cl2N5/c1-2-3-4-8-20-16-22-15(11-21-23-16)19-9-7-12-5-6-13(17)10-14(12)18/h5-6,10-11H,2-4,7-9H2,1H3,(H2,19,20,22,23). The van der Waals surface area contributed by atoms with Crippen LogP contribution in [0.5, 0.6) is 0 Å². The minimum absolute atomic E-state index is 0.552. The summed E-state index contributed by atoms with van der Waals surface area (Å²) >= 11 is 12.1. The molecular formula is C16H21Cl2N5. The van der Waals surface area contributed by atoms with Crippen LogP contribution >= 0.6 is 23.2 Å². The lowest BCUT2D eigenvalue weighted by molar-refractivity contribution is 0.738. The third-order valence-corrected chi connectivity index (χ3v) is 3.92. The largest absolute Gasteiger partial charge is 0.368 e. The molecule has 1 aromatic heterocycles. The van der Waals surface area contributed by atoms with Crippen LogP contribution in [0.4, 0.5) is 11.8 Å². The Kier molecular flexibility index (Phi) is 7.36. The van der Waals surface area contributed by atoms with Gasteiger partial charge in [-0.3, -0.25) is 0 Å². The second kappa shape index (κ2) is 9.53. The highest BCUT2D eigenvalue weighted by Gasteiger charge is 2.03. The van der Waals surface area contributed by atoms with Crippen LogP contribution in [0, 0.1) is 0 Å². The van der Waals surface area contributed by atoms with Gasteiger partial charge >= 0.3 is 0 Å². The van der Waals surface area contributed by atoms with Gasteiger partial charge in [0.05, 0.1) is 6.20 Å². The Morgan fingerprint density at radius 2 is 1.96 bits per heavy atom. The second-order valence-electron chi connectivity index (χ2n) is 5.21. The zero-order chi connectivity index (χ0) is 16.5. The molecule has 2 aromatic rings. The highest BCUT2D eigenvalue weighted by atomic mass is 35.5. The normalized spacial score (nSPS) is 10.6. The van der Waals surface area contributed by atoms with Gasteiger partial charge in [0.2, 0.25) is 5.95 Å². The molecule has 0 atom stereocenters. The van der Waals surface area contributed by atoms with Crippen molar-refractivity contribution in [1.82, 2.24) is 15.2 Å². The van der Waals surface area contributed by atoms with Gasteiger partial charge in [-0.15, -0.1) is 5.10 Å². The van der Waals surface area contributed by atoms with Crippen molar-refractivity contribution in [3.8, 4) is 0 Å². The van der Waals surface area contributed by atoms with E-state index in [2.05, 4.69) is 32.7 Å². The first kappa shape index (κ1) is 17.8. The average Bonchev–Trinajstić information content (AvgIpc) is 2.54. The quantitative estimate of drug-likeness (QED) is 0.652. The van der Waals surface area contributed by atoms with Gasteiger partial charge in [-0.05, 0) is 30.5 Å². The van der Waals surface area contributed by atoms with E-state index in [1.807, 2.05) is 12.1 Å². The number of anilines is 2. The van der Waals surface area contributed by atoms with E-state index < -0.39 is 0 Å². The predicted octanol–water partition coefficient (Wildman–Crippen LogP) is 4.44. The zero-order valence-corrected chi connectivity index (χ0v) is 14.7. The molecule has 1 aromatic carbocycles. The molecule has 0 saturated heterocycles. The minimum Gasteiger partial charge on any atom is -0.368 e. The first-order valence-electron chi connectivity index (χ1n) is 7.80.